The van der Waals surface area contributed by atoms with Gasteiger partial charge in [0, 0.05) is 36.6 Å². The first-order chi connectivity index (χ1) is 15.2. The second-order valence-electron chi connectivity index (χ2n) is 8.53. The monoisotopic (exact) mass is 465 g/mol. The average Bonchev–Trinajstić information content (AvgIpc) is 2.75. The Balaban J connectivity index is 0.00000544. The Hall–Kier alpha value is -1.46. The third kappa shape index (κ3) is 8.36. The summed E-state index contributed by atoms with van der Waals surface area (Å²) in [5, 5.41) is 0.815. The van der Waals surface area contributed by atoms with Crippen molar-refractivity contribution in [1.82, 2.24) is 0 Å². The first-order valence-electron chi connectivity index (χ1n) is 11.8. The maximum absolute atomic E-state index is 13.4. The summed E-state index contributed by atoms with van der Waals surface area (Å²) in [6.45, 7) is 16.4. The van der Waals surface area contributed by atoms with E-state index in [1.165, 1.54) is 0 Å². The van der Waals surface area contributed by atoms with Crippen molar-refractivity contribution in [3.05, 3.63) is 47.0 Å². The summed E-state index contributed by atoms with van der Waals surface area (Å²) >= 11 is 0. The van der Waals surface area contributed by atoms with Crippen LogP contribution in [-0.4, -0.2) is 42.7 Å². The van der Waals surface area contributed by atoms with Gasteiger partial charge in [-0.25, -0.2) is 0 Å². The summed E-state index contributed by atoms with van der Waals surface area (Å²) in [6, 6.07) is 9.80. The number of benzene rings is 2. The molecule has 0 heterocycles. The number of carbonyl (C=O) groups excluding carboxylic acids is 1. The molecular formula is C27H39LiO4P. The van der Waals surface area contributed by atoms with Crippen LogP contribution >= 0.6 is 8.58 Å². The van der Waals surface area contributed by atoms with Gasteiger partial charge in [0.2, 0.25) is 0 Å². The van der Waals surface area contributed by atoms with E-state index in [0.29, 0.717) is 17.2 Å². The number of ether oxygens (including phenoxy) is 3. The molecule has 0 fully saturated rings. The van der Waals surface area contributed by atoms with Crippen molar-refractivity contribution in [3.8, 4) is 17.2 Å². The van der Waals surface area contributed by atoms with Gasteiger partial charge in [-0.2, -0.15) is 0 Å². The van der Waals surface area contributed by atoms with Crippen molar-refractivity contribution < 1.29 is 19.0 Å². The molecule has 0 amide bonds. The Kier molecular flexibility index (Phi) is 12.6. The maximum atomic E-state index is 13.4. The van der Waals surface area contributed by atoms with Gasteiger partial charge in [0.25, 0.3) is 0 Å². The molecular weight excluding hydrogens is 426 g/mol. The van der Waals surface area contributed by atoms with Gasteiger partial charge in [0.15, 0.2) is 5.52 Å². The van der Waals surface area contributed by atoms with Gasteiger partial charge >= 0.3 is 0 Å². The molecule has 33 heavy (non-hydrogen) atoms. The van der Waals surface area contributed by atoms with Crippen LogP contribution in [0.1, 0.15) is 82.3 Å². The molecule has 0 aliphatic carbocycles. The topological polar surface area (TPSA) is 44.8 Å². The molecule has 177 valence electrons. The first kappa shape index (κ1) is 29.6. The van der Waals surface area contributed by atoms with E-state index in [2.05, 4.69) is 20.8 Å². The van der Waals surface area contributed by atoms with Gasteiger partial charge in [-0.15, -0.1) is 0 Å². The fourth-order valence-corrected chi connectivity index (χ4v) is 4.46. The number of hydrogen-bond acceptors (Lipinski definition) is 4. The minimum absolute atomic E-state index is 0. The smallest absolute Gasteiger partial charge is 0.186 e. The molecule has 2 aromatic carbocycles. The van der Waals surface area contributed by atoms with Crippen LogP contribution in [0.5, 0.6) is 17.2 Å². The molecule has 0 bridgehead atoms. The van der Waals surface area contributed by atoms with Crippen LogP contribution in [0.3, 0.4) is 0 Å². The molecule has 0 saturated carbocycles. The van der Waals surface area contributed by atoms with E-state index in [9.17, 15) is 4.79 Å². The first-order valence-corrected chi connectivity index (χ1v) is 12.8. The summed E-state index contributed by atoms with van der Waals surface area (Å²) in [6.07, 6.45) is 2.75. The summed E-state index contributed by atoms with van der Waals surface area (Å²) in [5.41, 5.74) is 2.87. The number of rotatable bonds is 12. The van der Waals surface area contributed by atoms with Gasteiger partial charge in [-0.1, -0.05) is 39.0 Å². The molecule has 2 aromatic rings. The molecule has 4 nitrogen and oxygen atoms in total. The summed E-state index contributed by atoms with van der Waals surface area (Å²) < 4.78 is 18.7. The van der Waals surface area contributed by atoms with Crippen molar-refractivity contribution in [2.75, 3.05) is 0 Å². The van der Waals surface area contributed by atoms with Gasteiger partial charge in [0.1, 0.15) is 17.2 Å². The van der Waals surface area contributed by atoms with Crippen LogP contribution in [0, 0.1) is 13.8 Å². The quantitative estimate of drug-likeness (QED) is 0.262. The molecule has 0 aromatic heterocycles. The van der Waals surface area contributed by atoms with Gasteiger partial charge in [0.05, 0.1) is 23.6 Å². The number of hydrogen-bond donors (Lipinski definition) is 0. The van der Waals surface area contributed by atoms with Crippen molar-refractivity contribution in [1.29, 1.82) is 0 Å². The normalized spacial score (nSPS) is 13.8. The van der Waals surface area contributed by atoms with Crippen LogP contribution in [0.15, 0.2) is 30.3 Å². The second kappa shape index (κ2) is 14.1. The Bertz CT molecular complexity index is 862. The van der Waals surface area contributed by atoms with E-state index in [1.807, 2.05) is 65.0 Å². The van der Waals surface area contributed by atoms with Crippen molar-refractivity contribution in [2.45, 2.75) is 93.0 Å². The largest absolute Gasteiger partial charge is 0.490 e. The predicted molar refractivity (Wildman–Crippen MR) is 142 cm³/mol. The summed E-state index contributed by atoms with van der Waals surface area (Å²) in [4.78, 5) is 13.4. The SMILES string of the molecule is CCC(C)Oc1cc(OC(C)CC)c(PC(=O)c2c(C)cccc2C)c(OC(C)CC)c1.[Li]. The van der Waals surface area contributed by atoms with Crippen molar-refractivity contribution in [2.24, 2.45) is 0 Å². The molecule has 0 spiro atoms. The summed E-state index contributed by atoms with van der Waals surface area (Å²) in [5.74, 6) is 2.07. The molecule has 4 atom stereocenters. The van der Waals surface area contributed by atoms with E-state index in [-0.39, 0.29) is 51.3 Å². The fraction of sp³-hybridized carbons (Fsp3) is 0.519. The number of carbonyl (C=O) groups is 1. The molecule has 0 N–H and O–H groups in total. The van der Waals surface area contributed by atoms with E-state index in [4.69, 9.17) is 14.2 Å². The van der Waals surface area contributed by atoms with E-state index >= 15 is 0 Å². The van der Waals surface area contributed by atoms with Crippen molar-refractivity contribution in [3.63, 3.8) is 0 Å². The summed E-state index contributed by atoms with van der Waals surface area (Å²) in [7, 11) is -0.104. The predicted octanol–water partition coefficient (Wildman–Crippen LogP) is 6.60. The Morgan fingerprint density at radius 3 is 1.67 bits per heavy atom. The van der Waals surface area contributed by atoms with Gasteiger partial charge in [-0.3, -0.25) is 4.79 Å². The van der Waals surface area contributed by atoms with E-state index < -0.39 is 0 Å². The van der Waals surface area contributed by atoms with Gasteiger partial charge in [-0.05, 0) is 73.6 Å². The number of aryl methyl sites for hydroxylation is 2. The molecule has 4 unspecified atom stereocenters. The van der Waals surface area contributed by atoms with Crippen LogP contribution in [0.2, 0.25) is 0 Å². The van der Waals surface area contributed by atoms with Crippen LogP contribution in [0.4, 0.5) is 0 Å². The standard InChI is InChI=1S/C27H39O4P.Li/c1-9-19(6)29-22-15-23(30-20(7)10-2)26(24(16-22)31-21(8)11-3)32-27(28)25-17(4)13-12-14-18(25)5;/h12-16,19-21,32H,9-11H2,1-8H3;. The zero-order chi connectivity index (χ0) is 23.8. The molecule has 1 radical (unpaired) electrons. The van der Waals surface area contributed by atoms with Gasteiger partial charge < -0.3 is 14.2 Å². The minimum Gasteiger partial charge on any atom is -0.490 e. The van der Waals surface area contributed by atoms with E-state index in [0.717, 1.165) is 41.3 Å². The third-order valence-electron chi connectivity index (χ3n) is 5.70. The molecule has 6 heteroatoms. The Labute approximate surface area is 214 Å². The molecule has 0 aliphatic rings. The van der Waals surface area contributed by atoms with E-state index in [1.54, 1.807) is 0 Å². The zero-order valence-corrected chi connectivity index (χ0v) is 22.9. The van der Waals surface area contributed by atoms with Crippen LogP contribution in [-0.2, 0) is 0 Å². The Morgan fingerprint density at radius 1 is 0.818 bits per heavy atom. The molecule has 2 rings (SSSR count). The maximum Gasteiger partial charge on any atom is 0.186 e. The zero-order valence-electron chi connectivity index (χ0n) is 21.9. The average molecular weight is 466 g/mol. The molecule has 0 aliphatic heterocycles. The Morgan fingerprint density at radius 2 is 1.24 bits per heavy atom. The van der Waals surface area contributed by atoms with Crippen molar-refractivity contribution >= 4 is 38.3 Å². The second-order valence-corrected chi connectivity index (χ2v) is 9.73. The minimum atomic E-state index is -0.104. The van der Waals surface area contributed by atoms with Crippen LogP contribution < -0.4 is 19.5 Å². The fourth-order valence-electron chi connectivity index (χ4n) is 3.21. The molecule has 0 saturated heterocycles. The third-order valence-corrected chi connectivity index (χ3v) is 6.92. The van der Waals surface area contributed by atoms with Crippen LogP contribution in [0.25, 0.3) is 0 Å².